The van der Waals surface area contributed by atoms with E-state index in [0.717, 1.165) is 60.4 Å². The van der Waals surface area contributed by atoms with E-state index in [1.165, 1.54) is 15.8 Å². The molecule has 0 radical (unpaired) electrons. The average molecular weight is 598 g/mol. The normalized spacial score (nSPS) is 11.8. The van der Waals surface area contributed by atoms with E-state index in [0.29, 0.717) is 0 Å². The summed E-state index contributed by atoms with van der Waals surface area (Å²) in [6, 6.07) is 49.9. The minimum atomic E-state index is 0.902. The molecule has 0 aliphatic rings. The highest BCUT2D eigenvalue weighted by molar-refractivity contribution is 7.21. The van der Waals surface area contributed by atoms with Crippen LogP contribution in [0.1, 0.15) is 4.88 Å². The highest BCUT2D eigenvalue weighted by Gasteiger charge is 2.12. The van der Waals surface area contributed by atoms with Gasteiger partial charge in [0.15, 0.2) is 0 Å². The van der Waals surface area contributed by atoms with Gasteiger partial charge in [0.05, 0.1) is 22.6 Å². The van der Waals surface area contributed by atoms with Crippen molar-refractivity contribution in [3.63, 3.8) is 0 Å². The Morgan fingerprint density at radius 2 is 1.24 bits per heavy atom. The van der Waals surface area contributed by atoms with Gasteiger partial charge in [0, 0.05) is 38.3 Å². The Morgan fingerprint density at radius 1 is 0.556 bits per heavy atom. The maximum Gasteiger partial charge on any atom is 0.143 e. The Kier molecular flexibility index (Phi) is 6.98. The first-order valence-corrected chi connectivity index (χ1v) is 15.6. The summed E-state index contributed by atoms with van der Waals surface area (Å²) in [6.45, 7) is 0. The summed E-state index contributed by atoms with van der Waals surface area (Å²) in [6.07, 6.45) is 3.68. The maximum absolute atomic E-state index is 6.25. The van der Waals surface area contributed by atoms with E-state index >= 15 is 0 Å². The van der Waals surface area contributed by atoms with Gasteiger partial charge >= 0.3 is 0 Å². The van der Waals surface area contributed by atoms with Crippen LogP contribution in [0.15, 0.2) is 160 Å². The molecule has 0 bridgehead atoms. The topological polar surface area (TPSA) is 49.9 Å². The Balaban J connectivity index is 1.03. The fraction of sp³-hybridized carbons (Fsp3) is 0. The Bertz CT molecular complexity index is 2330. The predicted octanol–water partition coefficient (Wildman–Crippen LogP) is 11.7. The van der Waals surface area contributed by atoms with E-state index in [4.69, 9.17) is 14.4 Å². The molecule has 214 valence electrons. The lowest BCUT2D eigenvalue weighted by Gasteiger charge is -2.05. The molecule has 8 rings (SSSR count). The van der Waals surface area contributed by atoms with Crippen LogP contribution in [0, 0.1) is 0 Å². The second-order valence-corrected chi connectivity index (χ2v) is 11.8. The van der Waals surface area contributed by atoms with E-state index in [1.807, 2.05) is 36.5 Å². The zero-order valence-corrected chi connectivity index (χ0v) is 25.0. The van der Waals surface area contributed by atoms with Crippen molar-refractivity contribution in [2.75, 3.05) is 5.32 Å². The second kappa shape index (κ2) is 11.7. The number of benzene rings is 6. The van der Waals surface area contributed by atoms with Crippen molar-refractivity contribution >= 4 is 73.0 Å². The van der Waals surface area contributed by atoms with Gasteiger partial charge in [0.25, 0.3) is 0 Å². The first-order valence-electron chi connectivity index (χ1n) is 14.8. The SMILES string of the molecule is C(=Nc1ccc(-c2ccccc2)cc1)c1sc2ccccc2c1N=CNc1ccc(-c2cccc3c2oc2ccccc23)cc1. The monoisotopic (exact) mass is 597 g/mol. The lowest BCUT2D eigenvalue weighted by Crippen LogP contribution is -1.94. The molecule has 2 aromatic heterocycles. The number of thiophene rings is 1. The minimum absolute atomic E-state index is 0.902. The van der Waals surface area contributed by atoms with Gasteiger partial charge in [-0.15, -0.1) is 11.3 Å². The maximum atomic E-state index is 6.25. The van der Waals surface area contributed by atoms with Crippen LogP contribution in [0.2, 0.25) is 0 Å². The average Bonchev–Trinajstić information content (AvgIpc) is 3.66. The summed E-state index contributed by atoms with van der Waals surface area (Å²) in [5, 5.41) is 6.72. The molecular weight excluding hydrogens is 571 g/mol. The molecular formula is C40H27N3OS. The van der Waals surface area contributed by atoms with Gasteiger partial charge < -0.3 is 9.73 Å². The van der Waals surface area contributed by atoms with E-state index in [2.05, 4.69) is 121 Å². The second-order valence-electron chi connectivity index (χ2n) is 10.7. The van der Waals surface area contributed by atoms with Crippen molar-refractivity contribution in [1.29, 1.82) is 0 Å². The number of hydrogen-bond donors (Lipinski definition) is 1. The molecule has 0 aliphatic carbocycles. The minimum Gasteiger partial charge on any atom is -0.455 e. The van der Waals surface area contributed by atoms with Crippen LogP contribution in [0.25, 0.3) is 54.3 Å². The third kappa shape index (κ3) is 5.30. The van der Waals surface area contributed by atoms with Gasteiger partial charge in [-0.3, -0.25) is 4.99 Å². The highest BCUT2D eigenvalue weighted by Crippen LogP contribution is 2.38. The Hall–Kier alpha value is -5.78. The van der Waals surface area contributed by atoms with E-state index in [1.54, 1.807) is 17.7 Å². The van der Waals surface area contributed by atoms with Gasteiger partial charge in [-0.25, -0.2) is 4.99 Å². The molecule has 0 atom stereocenters. The lowest BCUT2D eigenvalue weighted by atomic mass is 10.0. The highest BCUT2D eigenvalue weighted by atomic mass is 32.1. The van der Waals surface area contributed by atoms with Crippen molar-refractivity contribution in [1.82, 2.24) is 0 Å². The standard InChI is InChI=1S/C40H27N3OS/c1-2-9-27(10-3-1)28-17-21-30(22-18-28)41-25-38-39(35-12-5-7-16-37(35)45-38)43-26-42-31-23-19-29(20-24-31)32-13-8-14-34-33-11-4-6-15-36(33)44-40(32)34/h1-26H,(H,42,43). The van der Waals surface area contributed by atoms with Crippen LogP contribution in [-0.4, -0.2) is 12.6 Å². The van der Waals surface area contributed by atoms with E-state index in [9.17, 15) is 0 Å². The molecule has 6 aromatic carbocycles. The number of nitrogens with zero attached hydrogens (tertiary/aromatic N) is 2. The van der Waals surface area contributed by atoms with Crippen molar-refractivity contribution in [3.05, 3.63) is 150 Å². The summed E-state index contributed by atoms with van der Waals surface area (Å²) in [5.74, 6) is 0. The molecule has 8 aromatic rings. The Morgan fingerprint density at radius 3 is 2.09 bits per heavy atom. The van der Waals surface area contributed by atoms with Crippen LogP contribution >= 0.6 is 11.3 Å². The molecule has 0 unspecified atom stereocenters. The number of nitrogens with one attached hydrogen (secondary N) is 1. The number of aliphatic imine (C=N–C) groups is 2. The molecule has 0 aliphatic heterocycles. The molecule has 1 N–H and O–H groups in total. The van der Waals surface area contributed by atoms with Gasteiger partial charge in [-0.05, 0) is 53.1 Å². The molecule has 0 saturated heterocycles. The summed E-state index contributed by atoms with van der Waals surface area (Å²) in [4.78, 5) is 10.7. The lowest BCUT2D eigenvalue weighted by molar-refractivity contribution is 0.670. The van der Waals surface area contributed by atoms with Crippen molar-refractivity contribution in [3.8, 4) is 22.3 Å². The van der Waals surface area contributed by atoms with Crippen LogP contribution < -0.4 is 5.32 Å². The van der Waals surface area contributed by atoms with Crippen LogP contribution in [0.3, 0.4) is 0 Å². The van der Waals surface area contributed by atoms with Gasteiger partial charge in [-0.1, -0.05) is 109 Å². The number of para-hydroxylation sites is 2. The predicted molar refractivity (Wildman–Crippen MR) is 192 cm³/mol. The molecule has 0 amide bonds. The van der Waals surface area contributed by atoms with E-state index < -0.39 is 0 Å². The first kappa shape index (κ1) is 26.8. The third-order valence-electron chi connectivity index (χ3n) is 7.93. The molecule has 45 heavy (non-hydrogen) atoms. The third-order valence-corrected chi connectivity index (χ3v) is 9.02. The van der Waals surface area contributed by atoms with Crippen molar-refractivity contribution in [2.24, 2.45) is 9.98 Å². The van der Waals surface area contributed by atoms with Crippen LogP contribution in [0.4, 0.5) is 17.1 Å². The summed E-state index contributed by atoms with van der Waals surface area (Å²) in [5.41, 5.74) is 9.11. The molecule has 2 heterocycles. The summed E-state index contributed by atoms with van der Waals surface area (Å²) < 4.78 is 7.42. The quantitative estimate of drug-likeness (QED) is 0.147. The number of fused-ring (bicyclic) bond motifs is 4. The van der Waals surface area contributed by atoms with Crippen molar-refractivity contribution in [2.45, 2.75) is 0 Å². The van der Waals surface area contributed by atoms with Gasteiger partial charge in [0.1, 0.15) is 11.2 Å². The van der Waals surface area contributed by atoms with Gasteiger partial charge in [0.2, 0.25) is 0 Å². The molecule has 4 nitrogen and oxygen atoms in total. The van der Waals surface area contributed by atoms with Crippen LogP contribution in [-0.2, 0) is 0 Å². The number of anilines is 1. The molecule has 0 spiro atoms. The molecule has 0 fully saturated rings. The summed E-state index contributed by atoms with van der Waals surface area (Å²) >= 11 is 1.69. The van der Waals surface area contributed by atoms with Crippen molar-refractivity contribution < 1.29 is 4.42 Å². The number of rotatable bonds is 7. The number of hydrogen-bond acceptors (Lipinski definition) is 4. The van der Waals surface area contributed by atoms with Crippen LogP contribution in [0.5, 0.6) is 0 Å². The zero-order valence-electron chi connectivity index (χ0n) is 24.2. The fourth-order valence-electron chi connectivity index (χ4n) is 5.67. The molecule has 0 saturated carbocycles. The number of furan rings is 1. The summed E-state index contributed by atoms with van der Waals surface area (Å²) in [7, 11) is 0. The Labute approximate surface area is 264 Å². The largest absolute Gasteiger partial charge is 0.455 e. The van der Waals surface area contributed by atoms with Gasteiger partial charge in [-0.2, -0.15) is 0 Å². The smallest absolute Gasteiger partial charge is 0.143 e. The zero-order chi connectivity index (χ0) is 30.0. The molecule has 5 heteroatoms. The fourth-order valence-corrected chi connectivity index (χ4v) is 6.69. The first-order chi connectivity index (χ1) is 22.3. The van der Waals surface area contributed by atoms with E-state index in [-0.39, 0.29) is 0 Å².